The molecule has 3 heterocycles. The fourth-order valence-corrected chi connectivity index (χ4v) is 4.89. The lowest BCUT2D eigenvalue weighted by molar-refractivity contribution is -0.138. The van der Waals surface area contributed by atoms with Gasteiger partial charge >= 0.3 is 5.97 Å². The predicted molar refractivity (Wildman–Crippen MR) is 87.3 cm³/mol. The fraction of sp³-hybridized carbons (Fsp3) is 0.125. The van der Waals surface area contributed by atoms with Crippen LogP contribution >= 0.6 is 0 Å². The largest absolute Gasteiger partial charge is 0.480 e. The summed E-state index contributed by atoms with van der Waals surface area (Å²) in [5.41, 5.74) is 1.55. The molecule has 8 heteroatoms. The first-order valence-electron chi connectivity index (χ1n) is 7.27. The van der Waals surface area contributed by atoms with E-state index in [1.54, 1.807) is 42.6 Å². The second-order valence-corrected chi connectivity index (χ2v) is 7.32. The number of hydrogen-bond acceptors (Lipinski definition) is 4. The first-order valence-corrected chi connectivity index (χ1v) is 8.71. The molecule has 1 aliphatic rings. The van der Waals surface area contributed by atoms with Crippen molar-refractivity contribution in [3.8, 4) is 0 Å². The number of carboxylic acids is 1. The fourth-order valence-electron chi connectivity index (χ4n) is 3.09. The number of H-pyrrole nitrogens is 1. The lowest BCUT2D eigenvalue weighted by atomic mass is 10.1. The van der Waals surface area contributed by atoms with Crippen molar-refractivity contribution in [3.63, 3.8) is 0 Å². The zero-order valence-electron chi connectivity index (χ0n) is 12.4. The number of pyridine rings is 1. The SMILES string of the molecule is O=C(O)C1Cc2ccccc2N1S(=O)(=O)c1c[nH]c2ncccc12. The number of aromatic amines is 1. The molecule has 1 aromatic carbocycles. The van der Waals surface area contributed by atoms with E-state index in [1.165, 1.54) is 6.20 Å². The molecule has 0 fully saturated rings. The molecule has 0 aliphatic carbocycles. The molecule has 1 atom stereocenters. The minimum absolute atomic E-state index is 0.0218. The number of fused-ring (bicyclic) bond motifs is 2. The summed E-state index contributed by atoms with van der Waals surface area (Å²) in [6, 6.07) is 8.96. The first-order chi connectivity index (χ1) is 11.5. The number of nitrogens with zero attached hydrogens (tertiary/aromatic N) is 2. The Morgan fingerprint density at radius 2 is 2.04 bits per heavy atom. The molecule has 2 N–H and O–H groups in total. The van der Waals surface area contributed by atoms with Crippen LogP contribution in [0.3, 0.4) is 0 Å². The standard InChI is InChI=1S/C16H13N3O4S/c20-16(21)13-8-10-4-1-2-6-12(10)19(13)24(22,23)14-9-18-15-11(14)5-3-7-17-15/h1-7,9,13H,8H2,(H,17,18)(H,20,21). The van der Waals surface area contributed by atoms with Gasteiger partial charge in [-0.1, -0.05) is 18.2 Å². The van der Waals surface area contributed by atoms with Crippen molar-refractivity contribution < 1.29 is 18.3 Å². The highest BCUT2D eigenvalue weighted by Crippen LogP contribution is 2.38. The number of anilines is 1. The molecular formula is C16H13N3O4S. The van der Waals surface area contributed by atoms with Crippen LogP contribution in [0.5, 0.6) is 0 Å². The lowest BCUT2D eigenvalue weighted by Gasteiger charge is -2.23. The van der Waals surface area contributed by atoms with Gasteiger partial charge in [0.05, 0.1) is 5.69 Å². The monoisotopic (exact) mass is 343 g/mol. The van der Waals surface area contributed by atoms with Crippen LogP contribution in [0.2, 0.25) is 0 Å². The zero-order chi connectivity index (χ0) is 16.9. The number of sulfonamides is 1. The van der Waals surface area contributed by atoms with Crippen molar-refractivity contribution in [2.24, 2.45) is 0 Å². The first kappa shape index (κ1) is 14.7. The summed E-state index contributed by atoms with van der Waals surface area (Å²) < 4.78 is 27.4. The van der Waals surface area contributed by atoms with Crippen molar-refractivity contribution in [2.45, 2.75) is 17.4 Å². The number of hydrogen-bond donors (Lipinski definition) is 2. The Balaban J connectivity index is 1.93. The van der Waals surface area contributed by atoms with Crippen molar-refractivity contribution >= 4 is 32.7 Å². The molecule has 0 bridgehead atoms. The van der Waals surface area contributed by atoms with Crippen LogP contribution in [0.25, 0.3) is 11.0 Å². The van der Waals surface area contributed by atoms with Crippen molar-refractivity contribution in [3.05, 3.63) is 54.4 Å². The van der Waals surface area contributed by atoms with Crippen molar-refractivity contribution in [1.82, 2.24) is 9.97 Å². The van der Waals surface area contributed by atoms with Gasteiger partial charge in [-0.25, -0.2) is 18.2 Å². The van der Waals surface area contributed by atoms with E-state index in [9.17, 15) is 18.3 Å². The third-order valence-corrected chi connectivity index (χ3v) is 6.02. The van der Waals surface area contributed by atoms with Gasteiger partial charge in [0.15, 0.2) is 0 Å². The van der Waals surface area contributed by atoms with Crippen LogP contribution in [0.4, 0.5) is 5.69 Å². The van der Waals surface area contributed by atoms with E-state index in [2.05, 4.69) is 9.97 Å². The molecule has 24 heavy (non-hydrogen) atoms. The second kappa shape index (κ2) is 5.07. The van der Waals surface area contributed by atoms with Gasteiger partial charge in [0.2, 0.25) is 0 Å². The average molecular weight is 343 g/mol. The highest BCUT2D eigenvalue weighted by molar-refractivity contribution is 7.93. The quantitative estimate of drug-likeness (QED) is 0.754. The summed E-state index contributed by atoms with van der Waals surface area (Å²) in [6.07, 6.45) is 3.05. The van der Waals surface area contributed by atoms with Crippen molar-refractivity contribution in [2.75, 3.05) is 4.31 Å². The maximum Gasteiger partial charge on any atom is 0.327 e. The van der Waals surface area contributed by atoms with Gasteiger partial charge in [-0.3, -0.25) is 4.31 Å². The van der Waals surface area contributed by atoms with Gasteiger partial charge in [0.25, 0.3) is 10.0 Å². The van der Waals surface area contributed by atoms with Gasteiger partial charge < -0.3 is 10.1 Å². The van der Waals surface area contributed by atoms with E-state index >= 15 is 0 Å². The van der Waals surface area contributed by atoms with E-state index < -0.39 is 22.0 Å². The highest BCUT2D eigenvalue weighted by atomic mass is 32.2. The lowest BCUT2D eigenvalue weighted by Crippen LogP contribution is -2.42. The Morgan fingerprint density at radius 3 is 2.83 bits per heavy atom. The van der Waals surface area contributed by atoms with E-state index in [4.69, 9.17) is 0 Å². The number of rotatable bonds is 3. The predicted octanol–water partition coefficient (Wildman–Crippen LogP) is 1.77. The second-order valence-electron chi connectivity index (χ2n) is 5.54. The maximum absolute atomic E-state index is 13.2. The van der Waals surface area contributed by atoms with Crippen LogP contribution in [-0.2, 0) is 21.2 Å². The molecule has 3 aromatic rings. The molecule has 2 aromatic heterocycles. The highest BCUT2D eigenvalue weighted by Gasteiger charge is 2.43. The smallest absolute Gasteiger partial charge is 0.327 e. The van der Waals surface area contributed by atoms with Crippen LogP contribution < -0.4 is 4.31 Å². The summed E-state index contributed by atoms with van der Waals surface area (Å²) in [6.45, 7) is 0. The number of aromatic nitrogens is 2. The average Bonchev–Trinajstić information content (AvgIpc) is 3.17. The molecule has 0 spiro atoms. The Morgan fingerprint density at radius 1 is 1.25 bits per heavy atom. The summed E-state index contributed by atoms with van der Waals surface area (Å²) in [4.78, 5) is 18.6. The molecular weight excluding hydrogens is 330 g/mol. The molecule has 4 rings (SSSR count). The van der Waals surface area contributed by atoms with E-state index in [-0.39, 0.29) is 11.3 Å². The van der Waals surface area contributed by atoms with E-state index in [1.807, 2.05) is 0 Å². The Labute approximate surface area is 137 Å². The minimum atomic E-state index is -4.05. The molecule has 0 amide bonds. The van der Waals surface area contributed by atoms with Crippen LogP contribution in [0.1, 0.15) is 5.56 Å². The van der Waals surface area contributed by atoms with Gasteiger partial charge in [0, 0.05) is 24.2 Å². The number of carboxylic acid groups (broad SMARTS) is 1. The van der Waals surface area contributed by atoms with E-state index in [0.29, 0.717) is 22.3 Å². The number of carbonyl (C=O) groups is 1. The third kappa shape index (κ3) is 2.00. The number of benzene rings is 1. The molecule has 1 aliphatic heterocycles. The number of nitrogens with one attached hydrogen (secondary N) is 1. The Kier molecular flexibility index (Phi) is 3.10. The summed E-state index contributed by atoms with van der Waals surface area (Å²) in [7, 11) is -4.05. The van der Waals surface area contributed by atoms with Gasteiger partial charge in [-0.15, -0.1) is 0 Å². The molecule has 0 radical (unpaired) electrons. The Bertz CT molecular complexity index is 1060. The maximum atomic E-state index is 13.2. The summed E-state index contributed by atoms with van der Waals surface area (Å²) >= 11 is 0. The Hall–Kier alpha value is -2.87. The number of para-hydroxylation sites is 1. The molecule has 0 saturated heterocycles. The van der Waals surface area contributed by atoms with Gasteiger partial charge in [0.1, 0.15) is 16.6 Å². The van der Waals surface area contributed by atoms with E-state index in [0.717, 1.165) is 4.31 Å². The van der Waals surface area contributed by atoms with Crippen molar-refractivity contribution in [1.29, 1.82) is 0 Å². The van der Waals surface area contributed by atoms with Crippen LogP contribution in [0.15, 0.2) is 53.7 Å². The van der Waals surface area contributed by atoms with Gasteiger partial charge in [-0.05, 0) is 23.8 Å². The summed E-state index contributed by atoms with van der Waals surface area (Å²) in [5, 5.41) is 9.94. The van der Waals surface area contributed by atoms with Crippen LogP contribution in [-0.4, -0.2) is 35.5 Å². The summed E-state index contributed by atoms with van der Waals surface area (Å²) in [5.74, 6) is -1.17. The van der Waals surface area contributed by atoms with Crippen LogP contribution in [0, 0.1) is 0 Å². The third-order valence-electron chi connectivity index (χ3n) is 4.16. The molecule has 7 nitrogen and oxygen atoms in total. The van der Waals surface area contributed by atoms with Gasteiger partial charge in [-0.2, -0.15) is 0 Å². The normalized spacial score (nSPS) is 17.2. The molecule has 1 unspecified atom stereocenters. The topological polar surface area (TPSA) is 103 Å². The number of aliphatic carboxylic acids is 1. The zero-order valence-corrected chi connectivity index (χ0v) is 13.2. The molecule has 122 valence electrons. The molecule has 0 saturated carbocycles. The minimum Gasteiger partial charge on any atom is -0.480 e.